The zero-order chi connectivity index (χ0) is 11.4. The predicted molar refractivity (Wildman–Crippen MR) is 64.9 cm³/mol. The lowest BCUT2D eigenvalue weighted by Crippen LogP contribution is -2.06. The molecule has 0 N–H and O–H groups in total. The molecule has 1 atom stereocenters. The van der Waals surface area contributed by atoms with Gasteiger partial charge in [-0.15, -0.1) is 0 Å². The van der Waals surface area contributed by atoms with E-state index in [0.717, 1.165) is 16.6 Å². The van der Waals surface area contributed by atoms with Crippen molar-refractivity contribution in [2.45, 2.75) is 52.9 Å². The number of hydrogen-bond acceptors (Lipinski definition) is 2. The second-order valence-electron chi connectivity index (χ2n) is 4.02. The van der Waals surface area contributed by atoms with Crippen LogP contribution in [0.4, 0.5) is 0 Å². The van der Waals surface area contributed by atoms with Gasteiger partial charge in [0.1, 0.15) is 5.69 Å². The van der Waals surface area contributed by atoms with E-state index in [1.165, 1.54) is 0 Å². The summed E-state index contributed by atoms with van der Waals surface area (Å²) < 4.78 is 8.55. The minimum atomic E-state index is 0.241. The Bertz CT molecular complexity index is 310. The van der Waals surface area contributed by atoms with Crippen LogP contribution in [0.15, 0.2) is 10.7 Å². The Labute approximate surface area is 99.9 Å². The molecule has 0 fully saturated rings. The molecule has 0 bridgehead atoms. The van der Waals surface area contributed by atoms with E-state index in [2.05, 4.69) is 34.9 Å². The van der Waals surface area contributed by atoms with Gasteiger partial charge in [0.25, 0.3) is 0 Å². The minimum Gasteiger partial charge on any atom is -0.372 e. The normalized spacial score (nSPS) is 13.5. The molecule has 0 aliphatic carbocycles. The lowest BCUT2D eigenvalue weighted by molar-refractivity contribution is 0.0628. The fraction of sp³-hybridized carbons (Fsp3) is 0.727. The van der Waals surface area contributed by atoms with Gasteiger partial charge in [0.05, 0.1) is 17.2 Å². The zero-order valence-corrected chi connectivity index (χ0v) is 11.4. The maximum Gasteiger partial charge on any atom is 0.102 e. The van der Waals surface area contributed by atoms with Crippen LogP contribution in [0.2, 0.25) is 0 Å². The number of rotatable bonds is 5. The standard InChI is InChI=1S/C11H19BrN2O/c1-5-9(4)14-6-10(12)11(13-14)7-15-8(2)3/h6,8-9H,5,7H2,1-4H3/t9-/m1/s1. The molecule has 0 radical (unpaired) electrons. The quantitative estimate of drug-likeness (QED) is 0.821. The Kier molecular flexibility index (Phi) is 4.80. The van der Waals surface area contributed by atoms with E-state index in [1.54, 1.807) is 0 Å². The second-order valence-corrected chi connectivity index (χ2v) is 4.88. The third-order valence-corrected chi connectivity index (χ3v) is 3.02. The highest BCUT2D eigenvalue weighted by Crippen LogP contribution is 2.20. The minimum absolute atomic E-state index is 0.241. The van der Waals surface area contributed by atoms with Crippen molar-refractivity contribution < 1.29 is 4.74 Å². The summed E-state index contributed by atoms with van der Waals surface area (Å²) in [7, 11) is 0. The predicted octanol–water partition coefficient (Wildman–Crippen LogP) is 3.54. The van der Waals surface area contributed by atoms with Crippen LogP contribution in [-0.2, 0) is 11.3 Å². The Morgan fingerprint density at radius 2 is 2.13 bits per heavy atom. The van der Waals surface area contributed by atoms with Crippen molar-refractivity contribution in [3.63, 3.8) is 0 Å². The van der Waals surface area contributed by atoms with E-state index < -0.39 is 0 Å². The highest BCUT2D eigenvalue weighted by molar-refractivity contribution is 9.10. The summed E-state index contributed by atoms with van der Waals surface area (Å²) in [6.07, 6.45) is 3.34. The molecule has 1 heterocycles. The van der Waals surface area contributed by atoms with Gasteiger partial charge in [-0.05, 0) is 43.1 Å². The molecule has 1 rings (SSSR count). The van der Waals surface area contributed by atoms with E-state index in [9.17, 15) is 0 Å². The topological polar surface area (TPSA) is 27.1 Å². The molecule has 0 aliphatic rings. The van der Waals surface area contributed by atoms with Crippen LogP contribution < -0.4 is 0 Å². The van der Waals surface area contributed by atoms with Gasteiger partial charge in [-0.3, -0.25) is 4.68 Å². The summed E-state index contributed by atoms with van der Waals surface area (Å²) in [5.74, 6) is 0. The van der Waals surface area contributed by atoms with Gasteiger partial charge in [-0.25, -0.2) is 0 Å². The number of nitrogens with zero attached hydrogens (tertiary/aromatic N) is 2. The van der Waals surface area contributed by atoms with Gasteiger partial charge in [-0.2, -0.15) is 5.10 Å². The number of hydrogen-bond donors (Lipinski definition) is 0. The Morgan fingerprint density at radius 1 is 1.47 bits per heavy atom. The van der Waals surface area contributed by atoms with Gasteiger partial charge in [0.2, 0.25) is 0 Å². The van der Waals surface area contributed by atoms with Crippen LogP contribution in [0.3, 0.4) is 0 Å². The molecule has 3 nitrogen and oxygen atoms in total. The fourth-order valence-electron chi connectivity index (χ4n) is 1.16. The van der Waals surface area contributed by atoms with Crippen LogP contribution in [0, 0.1) is 0 Å². The summed E-state index contributed by atoms with van der Waals surface area (Å²) in [5.41, 5.74) is 0.976. The van der Waals surface area contributed by atoms with E-state index in [-0.39, 0.29) is 6.10 Å². The molecule has 0 spiro atoms. The highest BCUT2D eigenvalue weighted by atomic mass is 79.9. The van der Waals surface area contributed by atoms with Crippen molar-refractivity contribution in [3.05, 3.63) is 16.4 Å². The largest absolute Gasteiger partial charge is 0.372 e. The Morgan fingerprint density at radius 3 is 2.67 bits per heavy atom. The molecule has 0 saturated heterocycles. The molecule has 1 aromatic heterocycles. The smallest absolute Gasteiger partial charge is 0.102 e. The first kappa shape index (κ1) is 12.7. The number of aromatic nitrogens is 2. The molecule has 0 saturated carbocycles. The maximum absolute atomic E-state index is 5.53. The van der Waals surface area contributed by atoms with Gasteiger partial charge >= 0.3 is 0 Å². The van der Waals surface area contributed by atoms with Crippen molar-refractivity contribution in [2.75, 3.05) is 0 Å². The molecule has 0 unspecified atom stereocenters. The molecule has 86 valence electrons. The van der Waals surface area contributed by atoms with E-state index in [0.29, 0.717) is 12.6 Å². The number of halogens is 1. The monoisotopic (exact) mass is 274 g/mol. The van der Waals surface area contributed by atoms with Gasteiger partial charge in [0, 0.05) is 12.2 Å². The molecule has 0 aliphatic heterocycles. The van der Waals surface area contributed by atoms with Crippen molar-refractivity contribution in [1.29, 1.82) is 0 Å². The van der Waals surface area contributed by atoms with Crippen LogP contribution >= 0.6 is 15.9 Å². The lowest BCUT2D eigenvalue weighted by Gasteiger charge is -2.08. The summed E-state index contributed by atoms with van der Waals surface area (Å²) in [6.45, 7) is 8.94. The van der Waals surface area contributed by atoms with Crippen molar-refractivity contribution in [3.8, 4) is 0 Å². The van der Waals surface area contributed by atoms with Crippen LogP contribution in [-0.4, -0.2) is 15.9 Å². The average Bonchev–Trinajstić information content (AvgIpc) is 2.55. The Hall–Kier alpha value is -0.350. The molecule has 0 amide bonds. The molecule has 1 aromatic rings. The van der Waals surface area contributed by atoms with Crippen molar-refractivity contribution >= 4 is 15.9 Å². The molecule has 0 aromatic carbocycles. The zero-order valence-electron chi connectivity index (χ0n) is 9.83. The van der Waals surface area contributed by atoms with Gasteiger partial charge in [-0.1, -0.05) is 6.92 Å². The first-order valence-corrected chi connectivity index (χ1v) is 6.19. The summed E-state index contributed by atoms with van der Waals surface area (Å²) >= 11 is 3.50. The fourth-order valence-corrected chi connectivity index (χ4v) is 1.57. The molecule has 15 heavy (non-hydrogen) atoms. The molecular weight excluding hydrogens is 256 g/mol. The van der Waals surface area contributed by atoms with E-state index >= 15 is 0 Å². The summed E-state index contributed by atoms with van der Waals surface area (Å²) in [5, 5.41) is 4.50. The Balaban J connectivity index is 2.68. The maximum atomic E-state index is 5.53. The average molecular weight is 275 g/mol. The van der Waals surface area contributed by atoms with Gasteiger partial charge < -0.3 is 4.74 Å². The summed E-state index contributed by atoms with van der Waals surface area (Å²) in [6, 6.07) is 0.439. The third-order valence-electron chi connectivity index (χ3n) is 2.35. The lowest BCUT2D eigenvalue weighted by atomic mass is 10.3. The summed E-state index contributed by atoms with van der Waals surface area (Å²) in [4.78, 5) is 0. The van der Waals surface area contributed by atoms with E-state index in [4.69, 9.17) is 4.74 Å². The first-order valence-electron chi connectivity index (χ1n) is 5.39. The van der Waals surface area contributed by atoms with Crippen LogP contribution in [0.25, 0.3) is 0 Å². The SMILES string of the molecule is CC[C@@H](C)n1cc(Br)c(COC(C)C)n1. The third kappa shape index (κ3) is 3.61. The highest BCUT2D eigenvalue weighted by Gasteiger charge is 2.10. The van der Waals surface area contributed by atoms with Crippen LogP contribution in [0.1, 0.15) is 45.9 Å². The molecular formula is C11H19BrN2O. The van der Waals surface area contributed by atoms with Crippen molar-refractivity contribution in [1.82, 2.24) is 9.78 Å². The first-order chi connectivity index (χ1) is 7.04. The second kappa shape index (κ2) is 5.66. The van der Waals surface area contributed by atoms with Crippen molar-refractivity contribution in [2.24, 2.45) is 0 Å². The van der Waals surface area contributed by atoms with E-state index in [1.807, 2.05) is 24.7 Å². The number of ether oxygens (including phenoxy) is 1. The van der Waals surface area contributed by atoms with Gasteiger partial charge in [0.15, 0.2) is 0 Å². The van der Waals surface area contributed by atoms with Crippen LogP contribution in [0.5, 0.6) is 0 Å². The molecule has 4 heteroatoms.